The smallest absolute Gasteiger partial charge is 0.409 e. The maximum absolute atomic E-state index is 12.7. The lowest BCUT2D eigenvalue weighted by atomic mass is 10.2. The maximum atomic E-state index is 12.7. The highest BCUT2D eigenvalue weighted by molar-refractivity contribution is 5.67. The molecule has 4 nitrogen and oxygen atoms in total. The number of alkyl halides is 3. The van der Waals surface area contributed by atoms with Crippen LogP contribution in [0, 0.1) is 0 Å². The van der Waals surface area contributed by atoms with Gasteiger partial charge in [-0.05, 0) is 20.8 Å². The van der Waals surface area contributed by atoms with Gasteiger partial charge in [0.05, 0.1) is 0 Å². The van der Waals surface area contributed by atoms with Crippen LogP contribution in [-0.2, 0) is 4.74 Å². The Bertz CT molecular complexity index is 218. The van der Waals surface area contributed by atoms with E-state index in [4.69, 9.17) is 5.11 Å². The Morgan fingerprint density at radius 1 is 1.33 bits per heavy atom. The Morgan fingerprint density at radius 3 is 2.13 bits per heavy atom. The van der Waals surface area contributed by atoms with Crippen molar-refractivity contribution in [3.63, 3.8) is 0 Å². The Labute approximate surface area is 85.4 Å². The first-order chi connectivity index (χ1) is 6.63. The molecule has 0 saturated carbocycles. The zero-order valence-corrected chi connectivity index (χ0v) is 8.63. The second kappa shape index (κ2) is 5.20. The zero-order valence-electron chi connectivity index (χ0n) is 8.63. The Balaban J connectivity index is 4.08. The van der Waals surface area contributed by atoms with Gasteiger partial charge in [-0.15, -0.1) is 0 Å². The molecule has 7 heteroatoms. The summed E-state index contributed by atoms with van der Waals surface area (Å²) in [5.41, 5.74) is -0.862. The van der Waals surface area contributed by atoms with Gasteiger partial charge in [0.15, 0.2) is 6.10 Å². The molecule has 0 bridgehead atoms. The van der Waals surface area contributed by atoms with E-state index in [2.05, 4.69) is 4.74 Å². The van der Waals surface area contributed by atoms with Crippen molar-refractivity contribution in [3.8, 4) is 0 Å². The number of carbonyl (C=O) groups is 1. The van der Waals surface area contributed by atoms with E-state index in [-0.39, 0.29) is 0 Å². The average molecular weight is 229 g/mol. The fraction of sp³-hybridized carbons (Fsp3) is 0.875. The number of alkyl carbamates (subject to hydrolysis) is 1. The third-order valence-corrected chi connectivity index (χ3v) is 1.21. The molecule has 0 aliphatic carbocycles. The number of hydrogen-bond donors (Lipinski definition) is 2. The van der Waals surface area contributed by atoms with Crippen LogP contribution in [0.5, 0.6) is 0 Å². The number of hydrogen-bond acceptors (Lipinski definition) is 3. The molecule has 1 amide bonds. The molecule has 0 saturated heterocycles. The number of aliphatic hydroxyl groups is 1. The van der Waals surface area contributed by atoms with Gasteiger partial charge < -0.3 is 9.84 Å². The van der Waals surface area contributed by atoms with Gasteiger partial charge in [-0.1, -0.05) is 0 Å². The molecule has 0 aromatic carbocycles. The van der Waals surface area contributed by atoms with E-state index < -0.39 is 30.5 Å². The van der Waals surface area contributed by atoms with E-state index in [0.29, 0.717) is 0 Å². The highest BCUT2D eigenvalue weighted by Gasteiger charge is 2.30. The maximum Gasteiger partial charge on any atom is 0.409 e. The molecule has 0 aromatic heterocycles. The number of halogens is 3. The molecule has 0 heterocycles. The van der Waals surface area contributed by atoms with Crippen LogP contribution < -0.4 is 5.32 Å². The number of carbonyl (C=O) groups excluding carboxylic acids is 1. The van der Waals surface area contributed by atoms with E-state index in [1.54, 1.807) is 0 Å². The number of rotatable bonds is 3. The molecular weight excluding hydrogens is 215 g/mol. The van der Waals surface area contributed by atoms with Crippen molar-refractivity contribution in [2.75, 3.05) is 0 Å². The van der Waals surface area contributed by atoms with Crippen molar-refractivity contribution in [1.82, 2.24) is 5.32 Å². The summed E-state index contributed by atoms with van der Waals surface area (Å²) in [4.78, 5) is 10.9. The van der Waals surface area contributed by atoms with Gasteiger partial charge in [-0.25, -0.2) is 18.0 Å². The van der Waals surface area contributed by atoms with Crippen molar-refractivity contribution in [1.29, 1.82) is 0 Å². The van der Waals surface area contributed by atoms with Gasteiger partial charge in [-0.2, -0.15) is 0 Å². The topological polar surface area (TPSA) is 58.6 Å². The Kier molecular flexibility index (Phi) is 4.86. The van der Waals surface area contributed by atoms with Crippen molar-refractivity contribution in [2.45, 2.75) is 45.2 Å². The van der Waals surface area contributed by atoms with Gasteiger partial charge in [0.25, 0.3) is 6.43 Å². The number of nitrogens with one attached hydrogen (secondary N) is 1. The largest absolute Gasteiger partial charge is 0.444 e. The predicted molar refractivity (Wildman–Crippen MR) is 46.3 cm³/mol. The molecule has 15 heavy (non-hydrogen) atoms. The summed E-state index contributed by atoms with van der Waals surface area (Å²) in [6.07, 6.45) is -9.58. The predicted octanol–water partition coefficient (Wildman–Crippen LogP) is 1.43. The minimum Gasteiger partial charge on any atom is -0.444 e. The molecule has 2 unspecified atom stereocenters. The standard InChI is InChI=1S/C8H14F3NO3/c1-8(2,3)15-7(14)12-6(11)4(13)5(9)10/h4-6,13H,1-3H3,(H,12,14). The second-order valence-corrected chi connectivity index (χ2v) is 3.87. The van der Waals surface area contributed by atoms with Crippen molar-refractivity contribution >= 4 is 6.09 Å². The minimum atomic E-state index is -3.27. The van der Waals surface area contributed by atoms with Gasteiger partial charge in [0.1, 0.15) is 5.60 Å². The van der Waals surface area contributed by atoms with Crippen molar-refractivity contribution in [3.05, 3.63) is 0 Å². The lowest BCUT2D eigenvalue weighted by molar-refractivity contribution is -0.0591. The van der Waals surface area contributed by atoms with Gasteiger partial charge in [-0.3, -0.25) is 5.32 Å². The molecule has 2 atom stereocenters. The highest BCUT2D eigenvalue weighted by atomic mass is 19.3. The average Bonchev–Trinajstić information content (AvgIpc) is 1.98. The number of aliphatic hydroxyl groups excluding tert-OH is 1. The summed E-state index contributed by atoms with van der Waals surface area (Å²) in [6, 6.07) is 0. The van der Waals surface area contributed by atoms with Crippen LogP contribution in [0.1, 0.15) is 20.8 Å². The molecule has 0 aromatic rings. The normalized spacial score (nSPS) is 16.0. The summed E-state index contributed by atoms with van der Waals surface area (Å²) in [7, 11) is 0. The monoisotopic (exact) mass is 229 g/mol. The first kappa shape index (κ1) is 14.0. The molecule has 90 valence electrons. The Hall–Kier alpha value is -0.980. The van der Waals surface area contributed by atoms with Gasteiger partial charge >= 0.3 is 6.09 Å². The van der Waals surface area contributed by atoms with Crippen LogP contribution in [-0.4, -0.2) is 35.6 Å². The van der Waals surface area contributed by atoms with Gasteiger partial charge in [0.2, 0.25) is 6.30 Å². The first-order valence-corrected chi connectivity index (χ1v) is 4.23. The van der Waals surface area contributed by atoms with Crippen LogP contribution in [0.2, 0.25) is 0 Å². The van der Waals surface area contributed by atoms with E-state index in [1.165, 1.54) is 26.1 Å². The van der Waals surface area contributed by atoms with E-state index in [9.17, 15) is 18.0 Å². The molecule has 0 aliphatic heterocycles. The molecule has 0 radical (unpaired) electrons. The third-order valence-electron chi connectivity index (χ3n) is 1.21. The molecule has 0 fully saturated rings. The molecule has 0 rings (SSSR count). The van der Waals surface area contributed by atoms with Crippen LogP contribution >= 0.6 is 0 Å². The SMILES string of the molecule is CC(C)(C)OC(=O)NC(F)C(O)C(F)F. The fourth-order valence-electron chi connectivity index (χ4n) is 0.633. The minimum absolute atomic E-state index is 0.862. The third kappa shape index (κ3) is 6.16. The molecule has 0 aliphatic rings. The lowest BCUT2D eigenvalue weighted by Gasteiger charge is -2.22. The van der Waals surface area contributed by atoms with Crippen molar-refractivity contribution in [2.24, 2.45) is 0 Å². The van der Waals surface area contributed by atoms with Crippen molar-refractivity contribution < 1.29 is 27.8 Å². The lowest BCUT2D eigenvalue weighted by Crippen LogP contribution is -2.45. The number of amides is 1. The van der Waals surface area contributed by atoms with E-state index in [1.807, 2.05) is 0 Å². The first-order valence-electron chi connectivity index (χ1n) is 4.23. The van der Waals surface area contributed by atoms with Crippen LogP contribution in [0.3, 0.4) is 0 Å². The van der Waals surface area contributed by atoms with E-state index in [0.717, 1.165) is 0 Å². The summed E-state index contributed by atoms with van der Waals surface area (Å²) in [5.74, 6) is 0. The Morgan fingerprint density at radius 2 is 1.80 bits per heavy atom. The quantitative estimate of drug-likeness (QED) is 0.720. The molecule has 2 N–H and O–H groups in total. The zero-order chi connectivity index (χ0) is 12.2. The number of ether oxygens (including phenoxy) is 1. The van der Waals surface area contributed by atoms with Crippen LogP contribution in [0.25, 0.3) is 0 Å². The summed E-state index contributed by atoms with van der Waals surface area (Å²) < 4.78 is 40.9. The summed E-state index contributed by atoms with van der Waals surface area (Å²) >= 11 is 0. The second-order valence-electron chi connectivity index (χ2n) is 3.87. The highest BCUT2D eigenvalue weighted by Crippen LogP contribution is 2.10. The molecule has 0 spiro atoms. The van der Waals surface area contributed by atoms with Crippen LogP contribution in [0.15, 0.2) is 0 Å². The van der Waals surface area contributed by atoms with E-state index >= 15 is 0 Å². The fourth-order valence-corrected chi connectivity index (χ4v) is 0.633. The molecular formula is C8H14F3NO3. The van der Waals surface area contributed by atoms with Gasteiger partial charge in [0, 0.05) is 0 Å². The summed E-state index contributed by atoms with van der Waals surface area (Å²) in [5, 5.41) is 10.0. The summed E-state index contributed by atoms with van der Waals surface area (Å²) in [6.45, 7) is 4.59. The van der Waals surface area contributed by atoms with Crippen LogP contribution in [0.4, 0.5) is 18.0 Å².